The van der Waals surface area contributed by atoms with Crippen LogP contribution in [0.3, 0.4) is 0 Å². The van der Waals surface area contributed by atoms with Gasteiger partial charge in [0.2, 0.25) is 0 Å². The zero-order valence-electron chi connectivity index (χ0n) is 10.7. The van der Waals surface area contributed by atoms with Gasteiger partial charge in [-0.05, 0) is 39.2 Å². The molecule has 1 amide bonds. The maximum absolute atomic E-state index is 13.5. The summed E-state index contributed by atoms with van der Waals surface area (Å²) < 4.78 is 13.5. The van der Waals surface area contributed by atoms with Gasteiger partial charge in [-0.3, -0.25) is 9.59 Å². The summed E-state index contributed by atoms with van der Waals surface area (Å²) in [6.45, 7) is 1.17. The highest BCUT2D eigenvalue weighted by Crippen LogP contribution is 2.33. The topological polar surface area (TPSA) is 40.6 Å². The minimum atomic E-state index is -0.625. The molecule has 0 unspecified atom stereocenters. The van der Waals surface area contributed by atoms with E-state index in [9.17, 15) is 14.0 Å². The SMILES string of the molecule is CN(C)CCCN1C(=O)C(=O)c2cc(Cl)c(F)cc21. The lowest BCUT2D eigenvalue weighted by Crippen LogP contribution is -2.32. The molecule has 102 valence electrons. The summed E-state index contributed by atoms with van der Waals surface area (Å²) in [6, 6.07) is 2.37. The average Bonchev–Trinajstić information content (AvgIpc) is 2.55. The molecule has 1 aromatic carbocycles. The quantitative estimate of drug-likeness (QED) is 0.794. The highest BCUT2D eigenvalue weighted by Gasteiger charge is 2.36. The van der Waals surface area contributed by atoms with Gasteiger partial charge in [0.15, 0.2) is 0 Å². The van der Waals surface area contributed by atoms with Gasteiger partial charge in [0.1, 0.15) is 5.82 Å². The van der Waals surface area contributed by atoms with Crippen LogP contribution in [-0.4, -0.2) is 43.8 Å². The van der Waals surface area contributed by atoms with Gasteiger partial charge in [0.25, 0.3) is 11.7 Å². The molecule has 0 atom stereocenters. The predicted molar refractivity (Wildman–Crippen MR) is 71.3 cm³/mol. The second kappa shape index (κ2) is 5.27. The second-order valence-corrected chi connectivity index (χ2v) is 5.13. The lowest BCUT2D eigenvalue weighted by Gasteiger charge is -2.18. The number of Topliss-reactive ketones (excluding diaryl/α,β-unsaturated/α-hetero) is 1. The molecule has 0 spiro atoms. The fourth-order valence-electron chi connectivity index (χ4n) is 2.06. The standard InChI is InChI=1S/C13H14ClFN2O2/c1-16(2)4-3-5-17-11-7-10(15)9(14)6-8(11)12(18)13(17)19/h6-7H,3-5H2,1-2H3. The minimum Gasteiger partial charge on any atom is -0.309 e. The van der Waals surface area contributed by atoms with E-state index in [2.05, 4.69) is 0 Å². The molecule has 0 radical (unpaired) electrons. The Kier molecular flexibility index (Phi) is 3.87. The van der Waals surface area contributed by atoms with E-state index >= 15 is 0 Å². The molecule has 0 fully saturated rings. The molecule has 0 aromatic heterocycles. The fourth-order valence-corrected chi connectivity index (χ4v) is 2.22. The van der Waals surface area contributed by atoms with Crippen molar-refractivity contribution in [1.29, 1.82) is 0 Å². The van der Waals surface area contributed by atoms with Gasteiger partial charge in [-0.25, -0.2) is 4.39 Å². The number of nitrogens with zero attached hydrogens (tertiary/aromatic N) is 2. The monoisotopic (exact) mass is 284 g/mol. The fraction of sp³-hybridized carbons (Fsp3) is 0.385. The third kappa shape index (κ3) is 2.62. The number of carbonyl (C=O) groups is 2. The van der Waals surface area contributed by atoms with Gasteiger partial charge in [-0.1, -0.05) is 11.6 Å². The maximum Gasteiger partial charge on any atom is 0.299 e. The smallest absolute Gasteiger partial charge is 0.299 e. The van der Waals surface area contributed by atoms with E-state index in [-0.39, 0.29) is 10.6 Å². The highest BCUT2D eigenvalue weighted by molar-refractivity contribution is 6.52. The first-order chi connectivity index (χ1) is 8.91. The van der Waals surface area contributed by atoms with Crippen molar-refractivity contribution in [2.75, 3.05) is 32.1 Å². The molecule has 1 aliphatic rings. The average molecular weight is 285 g/mol. The van der Waals surface area contributed by atoms with Crippen LogP contribution < -0.4 is 4.90 Å². The van der Waals surface area contributed by atoms with E-state index < -0.39 is 17.5 Å². The lowest BCUT2D eigenvalue weighted by molar-refractivity contribution is -0.114. The Morgan fingerprint density at radius 3 is 2.63 bits per heavy atom. The number of halogens is 2. The van der Waals surface area contributed by atoms with Crippen molar-refractivity contribution in [3.05, 3.63) is 28.5 Å². The molecule has 0 aliphatic carbocycles. The first kappa shape index (κ1) is 14.0. The molecule has 4 nitrogen and oxygen atoms in total. The number of hydrogen-bond donors (Lipinski definition) is 0. The number of amides is 1. The summed E-state index contributed by atoms with van der Waals surface area (Å²) in [5.41, 5.74) is 0.497. The Balaban J connectivity index is 2.26. The van der Waals surface area contributed by atoms with Gasteiger partial charge in [-0.2, -0.15) is 0 Å². The molecule has 0 N–H and O–H groups in total. The summed E-state index contributed by atoms with van der Waals surface area (Å²) in [4.78, 5) is 26.9. The summed E-state index contributed by atoms with van der Waals surface area (Å²) in [5.74, 6) is -1.86. The predicted octanol–water partition coefficient (Wildman–Crippen LogP) is 1.96. The molecular weight excluding hydrogens is 271 g/mol. The molecule has 0 saturated heterocycles. The van der Waals surface area contributed by atoms with Crippen LogP contribution in [0.25, 0.3) is 0 Å². The maximum atomic E-state index is 13.5. The summed E-state index contributed by atoms with van der Waals surface area (Å²) in [5, 5.41) is -0.143. The van der Waals surface area contributed by atoms with Crippen molar-refractivity contribution in [3.63, 3.8) is 0 Å². The highest BCUT2D eigenvalue weighted by atomic mass is 35.5. The zero-order chi connectivity index (χ0) is 14.2. The largest absolute Gasteiger partial charge is 0.309 e. The molecule has 1 aliphatic heterocycles. The normalized spacial score (nSPS) is 14.5. The van der Waals surface area contributed by atoms with Gasteiger partial charge < -0.3 is 9.80 Å². The Hall–Kier alpha value is -1.46. The van der Waals surface area contributed by atoms with E-state index in [1.165, 1.54) is 11.0 Å². The Morgan fingerprint density at radius 1 is 1.32 bits per heavy atom. The van der Waals surface area contributed by atoms with Gasteiger partial charge in [0, 0.05) is 6.54 Å². The van der Waals surface area contributed by atoms with E-state index in [1.54, 1.807) is 0 Å². The lowest BCUT2D eigenvalue weighted by atomic mass is 10.1. The number of hydrogen-bond acceptors (Lipinski definition) is 3. The first-order valence-corrected chi connectivity index (χ1v) is 6.29. The number of benzene rings is 1. The number of fused-ring (bicyclic) bond motifs is 1. The van der Waals surface area contributed by atoms with E-state index in [0.29, 0.717) is 18.7 Å². The van der Waals surface area contributed by atoms with Gasteiger partial charge in [0.05, 0.1) is 16.3 Å². The van der Waals surface area contributed by atoms with Crippen molar-refractivity contribution in [1.82, 2.24) is 4.90 Å². The summed E-state index contributed by atoms with van der Waals surface area (Å²) in [6.07, 6.45) is 0.704. The van der Waals surface area contributed by atoms with Crippen LogP contribution >= 0.6 is 11.6 Å². The van der Waals surface area contributed by atoms with Crippen molar-refractivity contribution in [2.24, 2.45) is 0 Å². The van der Waals surface area contributed by atoms with E-state index in [0.717, 1.165) is 12.6 Å². The van der Waals surface area contributed by atoms with Crippen molar-refractivity contribution in [3.8, 4) is 0 Å². The summed E-state index contributed by atoms with van der Waals surface area (Å²) in [7, 11) is 3.84. The van der Waals surface area contributed by atoms with Crippen molar-refractivity contribution >= 4 is 29.0 Å². The van der Waals surface area contributed by atoms with E-state index in [4.69, 9.17) is 11.6 Å². The number of ketones is 1. The third-order valence-corrected chi connectivity index (χ3v) is 3.29. The molecule has 6 heteroatoms. The minimum absolute atomic E-state index is 0.143. The van der Waals surface area contributed by atoms with Crippen LogP contribution in [0.4, 0.5) is 10.1 Å². The number of carbonyl (C=O) groups excluding carboxylic acids is 2. The molecule has 0 bridgehead atoms. The molecule has 2 rings (SSSR count). The molecular formula is C13H14ClFN2O2. The molecule has 1 aromatic rings. The zero-order valence-corrected chi connectivity index (χ0v) is 11.5. The van der Waals surface area contributed by atoms with Crippen LogP contribution in [0.1, 0.15) is 16.8 Å². The van der Waals surface area contributed by atoms with Crippen LogP contribution in [0.15, 0.2) is 12.1 Å². The first-order valence-electron chi connectivity index (χ1n) is 5.92. The van der Waals surface area contributed by atoms with Crippen LogP contribution in [-0.2, 0) is 4.79 Å². The molecule has 0 saturated carbocycles. The van der Waals surface area contributed by atoms with E-state index in [1.807, 2.05) is 19.0 Å². The Labute approximate surface area is 115 Å². The Bertz CT molecular complexity index is 546. The summed E-state index contributed by atoms with van der Waals surface area (Å²) >= 11 is 5.64. The van der Waals surface area contributed by atoms with Crippen molar-refractivity contribution in [2.45, 2.75) is 6.42 Å². The number of rotatable bonds is 4. The second-order valence-electron chi connectivity index (χ2n) is 4.73. The van der Waals surface area contributed by atoms with Crippen LogP contribution in [0.5, 0.6) is 0 Å². The van der Waals surface area contributed by atoms with Crippen molar-refractivity contribution < 1.29 is 14.0 Å². The number of anilines is 1. The van der Waals surface area contributed by atoms with Gasteiger partial charge >= 0.3 is 0 Å². The van der Waals surface area contributed by atoms with Gasteiger partial charge in [-0.15, -0.1) is 0 Å². The van der Waals surface area contributed by atoms with Crippen LogP contribution in [0.2, 0.25) is 5.02 Å². The molecule has 1 heterocycles. The third-order valence-electron chi connectivity index (χ3n) is 3.00. The molecule has 19 heavy (non-hydrogen) atoms. The Morgan fingerprint density at radius 2 is 2.00 bits per heavy atom. The van der Waals surface area contributed by atoms with Crippen LogP contribution in [0, 0.1) is 5.82 Å².